The monoisotopic (exact) mass is 329 g/mol. The number of rotatable bonds is 2. The number of benzene rings is 1. The van der Waals surface area contributed by atoms with Gasteiger partial charge in [-0.05, 0) is 53.8 Å². The molecule has 1 aliphatic heterocycles. The quantitative estimate of drug-likeness (QED) is 0.810. The molecule has 0 fully saturated rings. The molecule has 2 rings (SSSR count). The Balaban J connectivity index is 2.00. The Morgan fingerprint density at radius 1 is 1.50 bits per heavy atom. The van der Waals surface area contributed by atoms with Crippen molar-refractivity contribution in [2.45, 2.75) is 13.0 Å². The van der Waals surface area contributed by atoms with E-state index in [1.54, 1.807) is 0 Å². The number of amidine groups is 1. The number of nitrogens with one attached hydrogen (secondary N) is 2. The zero-order valence-corrected chi connectivity index (χ0v) is 11.0. The fourth-order valence-electron chi connectivity index (χ4n) is 1.41. The number of anilines is 1. The molecule has 0 saturated carbocycles. The van der Waals surface area contributed by atoms with Gasteiger partial charge in [0, 0.05) is 15.3 Å². The topological polar surface area (TPSA) is 53.5 Å². The van der Waals surface area contributed by atoms with Gasteiger partial charge >= 0.3 is 0 Å². The van der Waals surface area contributed by atoms with Gasteiger partial charge < -0.3 is 10.6 Å². The molecule has 0 aliphatic carbocycles. The largest absolute Gasteiger partial charge is 0.361 e. The van der Waals surface area contributed by atoms with Crippen molar-refractivity contribution in [3.8, 4) is 0 Å². The van der Waals surface area contributed by atoms with Crippen molar-refractivity contribution in [3.63, 3.8) is 0 Å². The summed E-state index contributed by atoms with van der Waals surface area (Å²) in [6, 6.07) is 7.89. The molecule has 0 bridgehead atoms. The fraction of sp³-hybridized carbons (Fsp3) is 0.273. The van der Waals surface area contributed by atoms with Gasteiger partial charge in [-0.25, -0.2) is 0 Å². The second-order valence-electron chi connectivity index (χ2n) is 3.70. The molecular weight excluding hydrogens is 317 g/mol. The van der Waals surface area contributed by atoms with Crippen LogP contribution in [-0.2, 0) is 4.79 Å². The Morgan fingerprint density at radius 2 is 2.19 bits per heavy atom. The van der Waals surface area contributed by atoms with Gasteiger partial charge in [-0.2, -0.15) is 0 Å². The molecule has 0 spiro atoms. The molecule has 0 radical (unpaired) electrons. The summed E-state index contributed by atoms with van der Waals surface area (Å²) in [7, 11) is 0. The first kappa shape index (κ1) is 11.4. The summed E-state index contributed by atoms with van der Waals surface area (Å²) in [5.74, 6) is 0.247. The van der Waals surface area contributed by atoms with E-state index in [2.05, 4.69) is 38.2 Å². The standard InChI is InChI=1S/C11H12IN3O/c1-7-6-13-10(14-7)11(16)15-9-4-2-8(12)3-5-9/h2-5,7H,6H2,1H3,(H,13,14)(H,15,16). The Morgan fingerprint density at radius 3 is 2.75 bits per heavy atom. The molecule has 1 aliphatic rings. The summed E-state index contributed by atoms with van der Waals surface area (Å²) < 4.78 is 1.14. The predicted molar refractivity (Wildman–Crippen MR) is 72.7 cm³/mol. The van der Waals surface area contributed by atoms with Crippen LogP contribution in [0.3, 0.4) is 0 Å². The third-order valence-corrected chi connectivity index (χ3v) is 2.94. The maximum atomic E-state index is 11.7. The van der Waals surface area contributed by atoms with Gasteiger partial charge in [-0.3, -0.25) is 9.79 Å². The van der Waals surface area contributed by atoms with E-state index in [1.807, 2.05) is 31.2 Å². The number of carbonyl (C=O) groups excluding carboxylic acids is 1. The smallest absolute Gasteiger partial charge is 0.290 e. The molecule has 1 heterocycles. The summed E-state index contributed by atoms with van der Waals surface area (Å²) in [6.45, 7) is 2.66. The van der Waals surface area contributed by atoms with Crippen molar-refractivity contribution in [3.05, 3.63) is 27.8 Å². The van der Waals surface area contributed by atoms with Crippen LogP contribution in [0.2, 0.25) is 0 Å². The Kier molecular flexibility index (Phi) is 3.42. The molecule has 84 valence electrons. The van der Waals surface area contributed by atoms with Gasteiger partial charge in [-0.1, -0.05) is 0 Å². The van der Waals surface area contributed by atoms with Gasteiger partial charge in [0.05, 0.1) is 6.54 Å². The van der Waals surface area contributed by atoms with Crippen molar-refractivity contribution in [2.24, 2.45) is 4.99 Å². The van der Waals surface area contributed by atoms with Gasteiger partial charge in [-0.15, -0.1) is 0 Å². The molecule has 0 aromatic heterocycles. The minimum atomic E-state index is -0.175. The SMILES string of the molecule is CC1CN=C(C(=O)Nc2ccc(I)cc2)N1. The van der Waals surface area contributed by atoms with Crippen molar-refractivity contribution in [2.75, 3.05) is 11.9 Å². The van der Waals surface area contributed by atoms with Gasteiger partial charge in [0.2, 0.25) is 0 Å². The first-order chi connectivity index (χ1) is 7.65. The maximum absolute atomic E-state index is 11.7. The normalized spacial score (nSPS) is 18.9. The average molecular weight is 329 g/mol. The molecule has 16 heavy (non-hydrogen) atoms. The molecule has 1 atom stereocenters. The lowest BCUT2D eigenvalue weighted by Crippen LogP contribution is -2.36. The molecule has 1 amide bonds. The third kappa shape index (κ3) is 2.72. The number of aliphatic imine (C=N–C) groups is 1. The number of hydrogen-bond acceptors (Lipinski definition) is 3. The van der Waals surface area contributed by atoms with Crippen LogP contribution in [0.1, 0.15) is 6.92 Å². The highest BCUT2D eigenvalue weighted by Gasteiger charge is 2.19. The molecule has 4 nitrogen and oxygen atoms in total. The third-order valence-electron chi connectivity index (χ3n) is 2.22. The van der Waals surface area contributed by atoms with E-state index in [1.165, 1.54) is 0 Å². The molecular formula is C11H12IN3O. The molecule has 2 N–H and O–H groups in total. The van der Waals surface area contributed by atoms with E-state index in [4.69, 9.17) is 0 Å². The number of carbonyl (C=O) groups is 1. The van der Waals surface area contributed by atoms with Crippen molar-refractivity contribution in [1.82, 2.24) is 5.32 Å². The minimum Gasteiger partial charge on any atom is -0.361 e. The average Bonchev–Trinajstić information content (AvgIpc) is 2.68. The van der Waals surface area contributed by atoms with Gasteiger partial charge in [0.25, 0.3) is 5.91 Å². The van der Waals surface area contributed by atoms with Crippen LogP contribution in [-0.4, -0.2) is 24.3 Å². The summed E-state index contributed by atoms with van der Waals surface area (Å²) in [6.07, 6.45) is 0. The highest BCUT2D eigenvalue weighted by molar-refractivity contribution is 14.1. The van der Waals surface area contributed by atoms with Crippen LogP contribution in [0.5, 0.6) is 0 Å². The highest BCUT2D eigenvalue weighted by atomic mass is 127. The van der Waals surface area contributed by atoms with Crippen molar-refractivity contribution < 1.29 is 4.79 Å². The minimum absolute atomic E-state index is 0.175. The van der Waals surface area contributed by atoms with Gasteiger partial charge in [0.1, 0.15) is 0 Å². The van der Waals surface area contributed by atoms with Crippen LogP contribution < -0.4 is 10.6 Å². The van der Waals surface area contributed by atoms with E-state index in [0.29, 0.717) is 12.4 Å². The molecule has 1 aromatic carbocycles. The second-order valence-corrected chi connectivity index (χ2v) is 4.94. The zero-order chi connectivity index (χ0) is 11.5. The van der Waals surface area contributed by atoms with Crippen LogP contribution in [0.4, 0.5) is 5.69 Å². The molecule has 1 aromatic rings. The Labute approximate surface area is 108 Å². The summed E-state index contributed by atoms with van der Waals surface area (Å²) in [4.78, 5) is 15.9. The lowest BCUT2D eigenvalue weighted by atomic mass is 10.3. The van der Waals surface area contributed by atoms with Crippen molar-refractivity contribution >= 4 is 40.0 Å². The van der Waals surface area contributed by atoms with Crippen LogP contribution >= 0.6 is 22.6 Å². The number of amides is 1. The summed E-state index contributed by atoms with van der Waals surface area (Å²) in [5, 5.41) is 5.82. The predicted octanol–water partition coefficient (Wildman–Crippen LogP) is 1.62. The summed E-state index contributed by atoms with van der Waals surface area (Å²) in [5.41, 5.74) is 0.787. The van der Waals surface area contributed by atoms with Gasteiger partial charge in [0.15, 0.2) is 5.84 Å². The first-order valence-corrected chi connectivity index (χ1v) is 6.11. The van der Waals surface area contributed by atoms with Crippen LogP contribution in [0, 0.1) is 3.57 Å². The van der Waals surface area contributed by atoms with Crippen LogP contribution in [0.15, 0.2) is 29.3 Å². The van der Waals surface area contributed by atoms with E-state index in [-0.39, 0.29) is 11.9 Å². The Hall–Kier alpha value is -1.11. The van der Waals surface area contributed by atoms with E-state index >= 15 is 0 Å². The molecule has 0 saturated heterocycles. The van der Waals surface area contributed by atoms with E-state index < -0.39 is 0 Å². The number of nitrogens with zero attached hydrogens (tertiary/aromatic N) is 1. The second kappa shape index (κ2) is 4.82. The maximum Gasteiger partial charge on any atom is 0.290 e. The van der Waals surface area contributed by atoms with Crippen molar-refractivity contribution in [1.29, 1.82) is 0 Å². The number of halogens is 1. The lowest BCUT2D eigenvalue weighted by Gasteiger charge is -2.07. The Bertz CT molecular complexity index is 427. The zero-order valence-electron chi connectivity index (χ0n) is 8.83. The first-order valence-electron chi connectivity index (χ1n) is 5.03. The lowest BCUT2D eigenvalue weighted by molar-refractivity contribution is -0.110. The summed E-state index contributed by atoms with van der Waals surface area (Å²) >= 11 is 2.22. The van der Waals surface area contributed by atoms with E-state index in [0.717, 1.165) is 9.26 Å². The number of hydrogen-bond donors (Lipinski definition) is 2. The van der Waals surface area contributed by atoms with Crippen LogP contribution in [0.25, 0.3) is 0 Å². The van der Waals surface area contributed by atoms with E-state index in [9.17, 15) is 4.79 Å². The fourth-order valence-corrected chi connectivity index (χ4v) is 1.77. The highest BCUT2D eigenvalue weighted by Crippen LogP contribution is 2.11. The molecule has 1 unspecified atom stereocenters. The molecule has 5 heteroatoms.